The van der Waals surface area contributed by atoms with Gasteiger partial charge in [-0.15, -0.1) is 0 Å². The molecular formula is C40H51N5O7. The van der Waals surface area contributed by atoms with Gasteiger partial charge in [-0.05, 0) is 60.1 Å². The molecule has 0 spiro atoms. The number of esters is 1. The Morgan fingerprint density at radius 1 is 0.865 bits per heavy atom. The molecule has 2 aliphatic rings. The number of carbonyl (C=O) groups is 5. The normalized spacial score (nSPS) is 18.5. The van der Waals surface area contributed by atoms with E-state index in [0.717, 1.165) is 11.1 Å². The quantitative estimate of drug-likeness (QED) is 0.137. The number of para-hydroxylation sites is 1. The van der Waals surface area contributed by atoms with Gasteiger partial charge in [0.1, 0.15) is 30.5 Å². The summed E-state index contributed by atoms with van der Waals surface area (Å²) in [5.41, 5.74) is 2.08. The Hall–Kier alpha value is -5.39. The Labute approximate surface area is 305 Å². The second-order valence-electron chi connectivity index (χ2n) is 13.4. The lowest BCUT2D eigenvalue weighted by Gasteiger charge is -2.29. The molecule has 0 saturated heterocycles. The average molecular weight is 714 g/mol. The third-order valence-electron chi connectivity index (χ3n) is 8.95. The summed E-state index contributed by atoms with van der Waals surface area (Å²) in [6.07, 6.45) is 0.785. The predicted octanol–water partition coefficient (Wildman–Crippen LogP) is 4.25. The molecule has 2 bridgehead atoms. The van der Waals surface area contributed by atoms with Crippen LogP contribution in [0.2, 0.25) is 0 Å². The number of hydrogen-bond donors (Lipinski definition) is 5. The van der Waals surface area contributed by atoms with Crippen LogP contribution < -0.4 is 31.3 Å². The number of fused-ring (bicyclic) bond motifs is 13. The first-order valence-corrected chi connectivity index (χ1v) is 18.0. The lowest BCUT2D eigenvalue weighted by Crippen LogP contribution is -2.61. The highest BCUT2D eigenvalue weighted by molar-refractivity contribution is 5.96. The molecule has 2 aliphatic heterocycles. The molecule has 5 N–H and O–H groups in total. The van der Waals surface area contributed by atoms with E-state index in [9.17, 15) is 24.0 Å². The van der Waals surface area contributed by atoms with Crippen molar-refractivity contribution in [2.75, 3.05) is 11.9 Å². The van der Waals surface area contributed by atoms with Crippen LogP contribution in [-0.4, -0.2) is 60.5 Å². The van der Waals surface area contributed by atoms with Gasteiger partial charge in [0.2, 0.25) is 17.7 Å². The highest BCUT2D eigenvalue weighted by Crippen LogP contribution is 2.17. The Kier molecular flexibility index (Phi) is 15.0. The molecule has 5 rings (SSSR count). The van der Waals surface area contributed by atoms with Crippen LogP contribution in [0.15, 0.2) is 84.9 Å². The van der Waals surface area contributed by atoms with Gasteiger partial charge in [-0.1, -0.05) is 94.8 Å². The van der Waals surface area contributed by atoms with Crippen molar-refractivity contribution in [2.24, 2.45) is 11.8 Å². The Bertz CT molecular complexity index is 1620. The Morgan fingerprint density at radius 3 is 2.19 bits per heavy atom. The number of ether oxygens (including phenoxy) is 2. The van der Waals surface area contributed by atoms with Crippen LogP contribution >= 0.6 is 0 Å². The van der Waals surface area contributed by atoms with E-state index >= 15 is 0 Å². The van der Waals surface area contributed by atoms with Gasteiger partial charge in [-0.25, -0.2) is 4.79 Å². The highest BCUT2D eigenvalue weighted by Gasteiger charge is 2.34. The summed E-state index contributed by atoms with van der Waals surface area (Å²) in [4.78, 5) is 68.0. The van der Waals surface area contributed by atoms with Gasteiger partial charge in [0, 0.05) is 18.5 Å². The minimum absolute atomic E-state index is 0.0389. The van der Waals surface area contributed by atoms with E-state index in [2.05, 4.69) is 26.6 Å². The van der Waals surface area contributed by atoms with Gasteiger partial charge in [0.25, 0.3) is 5.91 Å². The number of hydrogen-bond acceptors (Lipinski definition) is 8. The van der Waals surface area contributed by atoms with E-state index in [0.29, 0.717) is 37.3 Å². The monoisotopic (exact) mass is 713 g/mol. The summed E-state index contributed by atoms with van der Waals surface area (Å²) in [6, 6.07) is 22.3. The third kappa shape index (κ3) is 12.1. The van der Waals surface area contributed by atoms with Gasteiger partial charge >= 0.3 is 5.97 Å². The molecule has 3 aromatic rings. The zero-order valence-electron chi connectivity index (χ0n) is 30.4. The maximum Gasteiger partial charge on any atom is 0.329 e. The maximum atomic E-state index is 14.2. The van der Waals surface area contributed by atoms with Gasteiger partial charge in [0.15, 0.2) is 6.17 Å². The van der Waals surface area contributed by atoms with Crippen molar-refractivity contribution < 1.29 is 33.4 Å². The van der Waals surface area contributed by atoms with Crippen molar-refractivity contribution >= 4 is 35.3 Å². The van der Waals surface area contributed by atoms with Crippen molar-refractivity contribution in [3.63, 3.8) is 0 Å². The molecule has 5 atom stereocenters. The number of anilines is 1. The number of rotatable bonds is 12. The molecule has 4 amide bonds. The van der Waals surface area contributed by atoms with Crippen LogP contribution in [0, 0.1) is 11.8 Å². The predicted molar refractivity (Wildman–Crippen MR) is 198 cm³/mol. The molecule has 0 unspecified atom stereocenters. The molecule has 12 nitrogen and oxygen atoms in total. The molecule has 2 heterocycles. The minimum atomic E-state index is -1.35. The second-order valence-corrected chi connectivity index (χ2v) is 13.4. The molecule has 0 aromatic heterocycles. The Balaban J connectivity index is 1.59. The lowest BCUT2D eigenvalue weighted by atomic mass is 9.99. The van der Waals surface area contributed by atoms with E-state index in [1.165, 1.54) is 0 Å². The van der Waals surface area contributed by atoms with Crippen molar-refractivity contribution in [1.29, 1.82) is 0 Å². The van der Waals surface area contributed by atoms with Gasteiger partial charge in [-0.3, -0.25) is 19.2 Å². The van der Waals surface area contributed by atoms with Crippen LogP contribution in [0.3, 0.4) is 0 Å². The Morgan fingerprint density at radius 2 is 1.54 bits per heavy atom. The molecule has 0 fully saturated rings. The molecule has 278 valence electrons. The number of benzene rings is 3. The molecule has 52 heavy (non-hydrogen) atoms. The van der Waals surface area contributed by atoms with Crippen LogP contribution in [0.5, 0.6) is 5.75 Å². The fourth-order valence-electron chi connectivity index (χ4n) is 5.62. The summed E-state index contributed by atoms with van der Waals surface area (Å²) >= 11 is 0. The topological polar surface area (TPSA) is 164 Å². The fourth-order valence-corrected chi connectivity index (χ4v) is 5.62. The van der Waals surface area contributed by atoms with Gasteiger partial charge < -0.3 is 36.1 Å². The van der Waals surface area contributed by atoms with Crippen molar-refractivity contribution in [1.82, 2.24) is 21.3 Å². The van der Waals surface area contributed by atoms with Crippen molar-refractivity contribution in [3.8, 4) is 5.75 Å². The van der Waals surface area contributed by atoms with E-state index in [4.69, 9.17) is 9.47 Å². The SMILES string of the molecule is CC[C@H](C)[C@H](NC(=O)[C@@H](NC(=O)[C@@H]1Cc2ccc(cc2)OCCCCC(=O)N[C@@H](C(C)C)C(=O)N1)Nc1ccccc1)C(=O)OCc1ccccc1. The number of nitrogens with one attached hydrogen (secondary N) is 5. The van der Waals surface area contributed by atoms with E-state index in [-0.39, 0.29) is 37.2 Å². The van der Waals surface area contributed by atoms with Crippen LogP contribution in [0.4, 0.5) is 5.69 Å². The maximum absolute atomic E-state index is 14.2. The summed E-state index contributed by atoms with van der Waals surface area (Å²) < 4.78 is 11.4. The summed E-state index contributed by atoms with van der Waals surface area (Å²) in [6.45, 7) is 7.84. The van der Waals surface area contributed by atoms with E-state index < -0.39 is 48.0 Å². The third-order valence-corrected chi connectivity index (χ3v) is 8.95. The van der Waals surface area contributed by atoms with E-state index in [1.807, 2.05) is 76.2 Å². The largest absolute Gasteiger partial charge is 0.494 e. The summed E-state index contributed by atoms with van der Waals surface area (Å²) in [5.74, 6) is -2.64. The fraction of sp³-hybridized carbons (Fsp3) is 0.425. The lowest BCUT2D eigenvalue weighted by molar-refractivity contribution is -0.151. The molecular weight excluding hydrogens is 662 g/mol. The number of carbonyl (C=O) groups excluding carboxylic acids is 5. The number of amides is 4. The average Bonchev–Trinajstić information content (AvgIpc) is 3.14. The molecule has 12 heteroatoms. The second kappa shape index (κ2) is 19.9. The summed E-state index contributed by atoms with van der Waals surface area (Å²) in [5, 5.41) is 14.3. The van der Waals surface area contributed by atoms with Gasteiger partial charge in [-0.2, -0.15) is 0 Å². The molecule has 0 aliphatic carbocycles. The standard InChI is InChI=1S/C40H51N5O7/c1-5-27(4)35(40(50)52-25-29-14-8-6-9-15-29)44-39(49)36(41-30-16-10-7-11-17-30)45-37(47)32-24-28-19-21-31(22-20-28)51-23-13-12-18-33(46)43-34(26(2)3)38(48)42-32/h6-11,14-17,19-22,26-27,32,34-36,41H,5,12-13,18,23-25H2,1-4H3,(H,42,48)(H,43,46)(H,44,49)(H,45,47)/t27-,32-,34-,35-,36+/m0/s1. The highest BCUT2D eigenvalue weighted by atomic mass is 16.5. The first-order valence-electron chi connectivity index (χ1n) is 18.0. The van der Waals surface area contributed by atoms with Gasteiger partial charge in [0.05, 0.1) is 6.61 Å². The van der Waals surface area contributed by atoms with Crippen LogP contribution in [0.1, 0.15) is 64.5 Å². The zero-order valence-corrected chi connectivity index (χ0v) is 30.4. The zero-order chi connectivity index (χ0) is 37.5. The van der Waals surface area contributed by atoms with Crippen molar-refractivity contribution in [2.45, 2.75) is 90.7 Å². The minimum Gasteiger partial charge on any atom is -0.494 e. The summed E-state index contributed by atoms with van der Waals surface area (Å²) in [7, 11) is 0. The van der Waals surface area contributed by atoms with Crippen LogP contribution in [0.25, 0.3) is 0 Å². The first-order chi connectivity index (χ1) is 25.0. The van der Waals surface area contributed by atoms with Crippen molar-refractivity contribution in [3.05, 3.63) is 96.1 Å². The van der Waals surface area contributed by atoms with E-state index in [1.54, 1.807) is 36.4 Å². The first kappa shape index (κ1) is 39.4. The molecule has 3 aromatic carbocycles. The molecule has 0 radical (unpaired) electrons. The smallest absolute Gasteiger partial charge is 0.329 e. The molecule has 0 saturated carbocycles. The van der Waals surface area contributed by atoms with Crippen LogP contribution in [-0.2, 0) is 41.7 Å².